The first-order valence-corrected chi connectivity index (χ1v) is 13.3. The molecule has 0 spiro atoms. The van der Waals surface area contributed by atoms with Gasteiger partial charge >= 0.3 is 0 Å². The zero-order valence-electron chi connectivity index (χ0n) is 18.8. The quantitative estimate of drug-likeness (QED) is 0.284. The Labute approximate surface area is 202 Å². The van der Waals surface area contributed by atoms with E-state index in [4.69, 9.17) is 21.1 Å². The van der Waals surface area contributed by atoms with Gasteiger partial charge in [0.1, 0.15) is 29.4 Å². The maximum Gasteiger partial charge on any atom is 0.229 e. The van der Waals surface area contributed by atoms with Gasteiger partial charge in [0.2, 0.25) is 5.95 Å². The van der Waals surface area contributed by atoms with Gasteiger partial charge in [0.15, 0.2) is 5.82 Å². The van der Waals surface area contributed by atoms with Crippen LogP contribution in [-0.4, -0.2) is 35.4 Å². The normalized spacial score (nSPS) is 11.1. The van der Waals surface area contributed by atoms with Gasteiger partial charge in [0.05, 0.1) is 24.7 Å². The van der Waals surface area contributed by atoms with Crippen molar-refractivity contribution < 1.29 is 14.0 Å². The van der Waals surface area contributed by atoms with Crippen LogP contribution in [0.15, 0.2) is 73.2 Å². The number of halogens is 1. The second-order valence-electron chi connectivity index (χ2n) is 7.66. The number of nitrogens with one attached hydrogen (secondary N) is 2. The Morgan fingerprint density at radius 3 is 2.44 bits per heavy atom. The van der Waals surface area contributed by atoms with Gasteiger partial charge in [-0.1, -0.05) is 23.7 Å². The predicted molar refractivity (Wildman–Crippen MR) is 136 cm³/mol. The average molecular weight is 496 g/mol. The van der Waals surface area contributed by atoms with E-state index in [0.29, 0.717) is 50.7 Å². The monoisotopic (exact) mass is 495 g/mol. The highest BCUT2D eigenvalue weighted by atomic mass is 35.5. The maximum absolute atomic E-state index is 12.7. The number of pyridine rings is 1. The third-order valence-corrected chi connectivity index (χ3v) is 6.61. The number of benzene rings is 2. The molecule has 4 rings (SSSR count). The van der Waals surface area contributed by atoms with Crippen molar-refractivity contribution in [2.45, 2.75) is 0 Å². The van der Waals surface area contributed by atoms with Crippen LogP contribution in [0.4, 0.5) is 23.1 Å². The number of rotatable bonds is 8. The SMILES string of the molecule is COc1cc(Oc2ccncc2)ccc1Nc1ncc(Cl)c(Nc2ccccc2P(C)(C)=O)n1. The standard InChI is InChI=1S/C24H23ClN5O3P/c1-32-21-14-17(33-16-10-12-26-13-11-16)8-9-19(21)29-24-27-15-18(25)23(30-24)28-20-6-4-5-7-22(20)34(2,3)31/h4-15H,1-3H3,(H2,27,28,29,30). The summed E-state index contributed by atoms with van der Waals surface area (Å²) < 4.78 is 24.0. The van der Waals surface area contributed by atoms with Crippen molar-refractivity contribution in [1.82, 2.24) is 15.0 Å². The van der Waals surface area contributed by atoms with Crippen LogP contribution in [0, 0.1) is 0 Å². The van der Waals surface area contributed by atoms with Crippen LogP contribution in [0.3, 0.4) is 0 Å². The van der Waals surface area contributed by atoms with Crippen LogP contribution < -0.4 is 25.4 Å². The van der Waals surface area contributed by atoms with Crippen LogP contribution in [0.2, 0.25) is 5.02 Å². The predicted octanol–water partition coefficient (Wildman–Crippen LogP) is 6.06. The van der Waals surface area contributed by atoms with Crippen LogP contribution in [0.5, 0.6) is 17.2 Å². The summed E-state index contributed by atoms with van der Waals surface area (Å²) in [6.07, 6.45) is 4.81. The highest BCUT2D eigenvalue weighted by Crippen LogP contribution is 2.39. The molecule has 0 atom stereocenters. The van der Waals surface area contributed by atoms with Crippen molar-refractivity contribution in [3.05, 3.63) is 78.2 Å². The first-order valence-electron chi connectivity index (χ1n) is 10.3. The number of nitrogens with zero attached hydrogens (tertiary/aromatic N) is 3. The lowest BCUT2D eigenvalue weighted by atomic mass is 10.2. The number of anilines is 4. The van der Waals surface area contributed by atoms with E-state index in [1.165, 1.54) is 6.20 Å². The molecule has 34 heavy (non-hydrogen) atoms. The molecule has 2 aromatic carbocycles. The molecule has 0 unspecified atom stereocenters. The van der Waals surface area contributed by atoms with Crippen molar-refractivity contribution in [3.63, 3.8) is 0 Å². The van der Waals surface area contributed by atoms with Crippen LogP contribution >= 0.6 is 18.7 Å². The minimum atomic E-state index is -2.51. The number of para-hydroxylation sites is 1. The molecule has 0 bridgehead atoms. The Bertz CT molecular complexity index is 1350. The van der Waals surface area contributed by atoms with Gasteiger partial charge in [-0.3, -0.25) is 4.98 Å². The number of aromatic nitrogens is 3. The van der Waals surface area contributed by atoms with Crippen molar-refractivity contribution in [3.8, 4) is 17.2 Å². The third-order valence-electron chi connectivity index (χ3n) is 4.79. The topological polar surface area (TPSA) is 98.3 Å². The average Bonchev–Trinajstić information content (AvgIpc) is 2.82. The molecular weight excluding hydrogens is 473 g/mol. The van der Waals surface area contributed by atoms with Gasteiger partial charge in [-0.15, -0.1) is 0 Å². The fraction of sp³-hybridized carbons (Fsp3) is 0.125. The van der Waals surface area contributed by atoms with E-state index >= 15 is 0 Å². The zero-order chi connectivity index (χ0) is 24.1. The molecule has 0 aliphatic heterocycles. The molecule has 4 aromatic rings. The van der Waals surface area contributed by atoms with Gasteiger partial charge in [0, 0.05) is 23.8 Å². The van der Waals surface area contributed by atoms with Crippen LogP contribution in [0.25, 0.3) is 0 Å². The summed E-state index contributed by atoms with van der Waals surface area (Å²) in [6.45, 7) is 3.44. The molecule has 0 saturated heterocycles. The van der Waals surface area contributed by atoms with Crippen molar-refractivity contribution >= 4 is 47.2 Å². The first-order chi connectivity index (χ1) is 16.3. The van der Waals surface area contributed by atoms with E-state index in [0.717, 1.165) is 0 Å². The van der Waals surface area contributed by atoms with Crippen LogP contribution in [-0.2, 0) is 4.57 Å². The summed E-state index contributed by atoms with van der Waals surface area (Å²) in [4.78, 5) is 12.8. The minimum absolute atomic E-state index is 0.307. The molecule has 0 radical (unpaired) electrons. The molecule has 10 heteroatoms. The third kappa shape index (κ3) is 5.65. The van der Waals surface area contributed by atoms with Gasteiger partial charge < -0.3 is 24.7 Å². The second kappa shape index (κ2) is 10.1. The smallest absolute Gasteiger partial charge is 0.229 e. The summed E-state index contributed by atoms with van der Waals surface area (Å²) in [5.74, 6) is 2.51. The van der Waals surface area contributed by atoms with Gasteiger partial charge in [-0.25, -0.2) is 4.98 Å². The van der Waals surface area contributed by atoms with Gasteiger partial charge in [-0.2, -0.15) is 4.98 Å². The molecule has 2 aromatic heterocycles. The molecule has 0 aliphatic carbocycles. The number of hydrogen-bond acceptors (Lipinski definition) is 8. The Morgan fingerprint density at radius 1 is 0.941 bits per heavy atom. The van der Waals surface area contributed by atoms with E-state index in [2.05, 4.69) is 25.6 Å². The molecule has 8 nitrogen and oxygen atoms in total. The second-order valence-corrected chi connectivity index (χ2v) is 11.2. The van der Waals surface area contributed by atoms with Crippen molar-refractivity contribution in [2.24, 2.45) is 0 Å². The van der Waals surface area contributed by atoms with E-state index in [1.54, 1.807) is 63.2 Å². The molecular formula is C24H23ClN5O3P. The highest BCUT2D eigenvalue weighted by molar-refractivity contribution is 7.70. The Kier molecular flexibility index (Phi) is 7.01. The summed E-state index contributed by atoms with van der Waals surface area (Å²) in [7, 11) is -0.945. The molecule has 0 aliphatic rings. The fourth-order valence-corrected chi connectivity index (χ4v) is 4.49. The van der Waals surface area contributed by atoms with Gasteiger partial charge in [0.25, 0.3) is 0 Å². The van der Waals surface area contributed by atoms with E-state index in [9.17, 15) is 4.57 Å². The first kappa shape index (κ1) is 23.5. The summed E-state index contributed by atoms with van der Waals surface area (Å²) in [6, 6.07) is 16.3. The molecule has 2 heterocycles. The molecule has 174 valence electrons. The van der Waals surface area contributed by atoms with E-state index < -0.39 is 7.14 Å². The fourth-order valence-electron chi connectivity index (χ4n) is 3.19. The highest BCUT2D eigenvalue weighted by Gasteiger charge is 2.17. The minimum Gasteiger partial charge on any atom is -0.494 e. The van der Waals surface area contributed by atoms with E-state index in [1.807, 2.05) is 24.3 Å². The lowest BCUT2D eigenvalue weighted by Crippen LogP contribution is -2.11. The molecule has 2 N–H and O–H groups in total. The number of methoxy groups -OCH3 is 1. The molecule has 0 saturated carbocycles. The lowest BCUT2D eigenvalue weighted by Gasteiger charge is -2.16. The summed E-state index contributed by atoms with van der Waals surface area (Å²) >= 11 is 6.34. The van der Waals surface area contributed by atoms with Crippen LogP contribution in [0.1, 0.15) is 0 Å². The maximum atomic E-state index is 12.7. The zero-order valence-corrected chi connectivity index (χ0v) is 20.5. The summed E-state index contributed by atoms with van der Waals surface area (Å²) in [5.41, 5.74) is 1.32. The van der Waals surface area contributed by atoms with Gasteiger partial charge in [-0.05, 0) is 49.7 Å². The Morgan fingerprint density at radius 2 is 1.71 bits per heavy atom. The van der Waals surface area contributed by atoms with Crippen molar-refractivity contribution in [2.75, 3.05) is 31.1 Å². The number of hydrogen-bond donors (Lipinski definition) is 2. The van der Waals surface area contributed by atoms with E-state index in [-0.39, 0.29) is 0 Å². The largest absolute Gasteiger partial charge is 0.494 e. The molecule has 0 amide bonds. The Balaban J connectivity index is 1.58. The van der Waals surface area contributed by atoms with Crippen molar-refractivity contribution in [1.29, 1.82) is 0 Å². The lowest BCUT2D eigenvalue weighted by molar-refractivity contribution is 0.411. The number of ether oxygens (including phenoxy) is 2. The molecule has 0 fully saturated rings. The Hall–Kier alpha value is -3.61. The summed E-state index contributed by atoms with van der Waals surface area (Å²) in [5, 5.41) is 7.38.